The summed E-state index contributed by atoms with van der Waals surface area (Å²) in [5, 5.41) is 2.65. The van der Waals surface area contributed by atoms with Crippen molar-refractivity contribution < 1.29 is 19.1 Å². The van der Waals surface area contributed by atoms with Crippen LogP contribution in [0.2, 0.25) is 0 Å². The molecule has 1 amide bonds. The maximum Gasteiger partial charge on any atom is 0.315 e. The lowest BCUT2D eigenvalue weighted by Crippen LogP contribution is -2.26. The zero-order chi connectivity index (χ0) is 13.4. The third-order valence-corrected chi connectivity index (χ3v) is 2.26. The zero-order valence-electron chi connectivity index (χ0n) is 10.6. The average molecular weight is 251 g/mol. The van der Waals surface area contributed by atoms with Crippen LogP contribution >= 0.6 is 0 Å². The number of amides is 1. The van der Waals surface area contributed by atoms with Gasteiger partial charge in [0.15, 0.2) is 0 Å². The zero-order valence-corrected chi connectivity index (χ0v) is 10.6. The number of hydrogen-bond acceptors (Lipinski definition) is 4. The van der Waals surface area contributed by atoms with Crippen molar-refractivity contribution in [3.8, 4) is 5.75 Å². The molecule has 5 heteroatoms. The fourth-order valence-corrected chi connectivity index (χ4v) is 1.35. The molecule has 0 saturated heterocycles. The Morgan fingerprint density at radius 2 is 1.89 bits per heavy atom. The largest absolute Gasteiger partial charge is 0.497 e. The number of ether oxygens (including phenoxy) is 2. The molecule has 0 fully saturated rings. The van der Waals surface area contributed by atoms with Gasteiger partial charge in [-0.05, 0) is 24.6 Å². The summed E-state index contributed by atoms with van der Waals surface area (Å²) in [5.41, 5.74) is 0.938. The summed E-state index contributed by atoms with van der Waals surface area (Å²) in [4.78, 5) is 22.4. The molecule has 1 aromatic rings. The van der Waals surface area contributed by atoms with E-state index in [-0.39, 0.29) is 18.9 Å². The van der Waals surface area contributed by atoms with Crippen LogP contribution in [0.3, 0.4) is 0 Å². The molecule has 0 radical (unpaired) electrons. The van der Waals surface area contributed by atoms with Gasteiger partial charge in [-0.3, -0.25) is 9.59 Å². The molecule has 0 aliphatic rings. The smallest absolute Gasteiger partial charge is 0.315 e. The van der Waals surface area contributed by atoms with Crippen molar-refractivity contribution in [1.29, 1.82) is 0 Å². The predicted octanol–water partition coefficient (Wildman–Crippen LogP) is 1.26. The van der Waals surface area contributed by atoms with Crippen LogP contribution in [0.1, 0.15) is 18.9 Å². The van der Waals surface area contributed by atoms with Gasteiger partial charge in [-0.15, -0.1) is 0 Å². The lowest BCUT2D eigenvalue weighted by Gasteiger charge is -2.06. The van der Waals surface area contributed by atoms with E-state index in [4.69, 9.17) is 4.74 Å². The van der Waals surface area contributed by atoms with Crippen LogP contribution in [-0.4, -0.2) is 25.6 Å². The number of methoxy groups -OCH3 is 1. The monoisotopic (exact) mass is 251 g/mol. The Balaban J connectivity index is 2.35. The molecule has 0 unspecified atom stereocenters. The summed E-state index contributed by atoms with van der Waals surface area (Å²) in [6.07, 6.45) is -0.246. The number of benzene rings is 1. The molecule has 1 aromatic carbocycles. The van der Waals surface area contributed by atoms with E-state index in [0.29, 0.717) is 6.54 Å². The Hall–Kier alpha value is -2.04. The van der Waals surface area contributed by atoms with Gasteiger partial charge in [-0.25, -0.2) is 0 Å². The minimum Gasteiger partial charge on any atom is -0.497 e. The van der Waals surface area contributed by atoms with E-state index in [0.717, 1.165) is 11.3 Å². The topological polar surface area (TPSA) is 64.6 Å². The van der Waals surface area contributed by atoms with Gasteiger partial charge in [0, 0.05) is 6.54 Å². The molecule has 18 heavy (non-hydrogen) atoms. The Morgan fingerprint density at radius 3 is 2.44 bits per heavy atom. The summed E-state index contributed by atoms with van der Waals surface area (Å²) in [7, 11) is 1.59. The molecule has 0 aromatic heterocycles. The minimum atomic E-state index is -0.510. The Labute approximate surface area is 106 Å². The van der Waals surface area contributed by atoms with Crippen LogP contribution in [-0.2, 0) is 20.9 Å². The highest BCUT2D eigenvalue weighted by Crippen LogP contribution is 2.10. The summed E-state index contributed by atoms with van der Waals surface area (Å²) in [5.74, 6) is -0.0920. The van der Waals surface area contributed by atoms with Gasteiger partial charge in [-0.2, -0.15) is 0 Å². The van der Waals surface area contributed by atoms with Gasteiger partial charge in [0.05, 0.1) is 13.7 Å². The quantitative estimate of drug-likeness (QED) is 0.610. The number of nitrogens with one attached hydrogen (secondary N) is 1. The third kappa shape index (κ3) is 4.86. The normalized spacial score (nSPS) is 9.67. The number of rotatable bonds is 6. The molecule has 1 N–H and O–H groups in total. The van der Waals surface area contributed by atoms with Gasteiger partial charge in [0.1, 0.15) is 12.2 Å². The lowest BCUT2D eigenvalue weighted by molar-refractivity contribution is -0.146. The first-order valence-corrected chi connectivity index (χ1v) is 5.71. The summed E-state index contributed by atoms with van der Waals surface area (Å²) in [6, 6.07) is 7.33. The first kappa shape index (κ1) is 14.0. The van der Waals surface area contributed by atoms with Crippen molar-refractivity contribution in [2.45, 2.75) is 19.9 Å². The van der Waals surface area contributed by atoms with Crippen molar-refractivity contribution in [3.63, 3.8) is 0 Å². The highest BCUT2D eigenvalue weighted by atomic mass is 16.5. The fourth-order valence-electron chi connectivity index (χ4n) is 1.35. The van der Waals surface area contributed by atoms with Gasteiger partial charge < -0.3 is 14.8 Å². The van der Waals surface area contributed by atoms with Crippen molar-refractivity contribution >= 4 is 11.9 Å². The highest BCUT2D eigenvalue weighted by molar-refractivity contribution is 5.94. The second-order valence-corrected chi connectivity index (χ2v) is 3.61. The molecule has 0 saturated carbocycles. The maximum atomic E-state index is 11.4. The van der Waals surface area contributed by atoms with Gasteiger partial charge in [0.25, 0.3) is 0 Å². The molecule has 0 atom stereocenters. The van der Waals surface area contributed by atoms with Crippen LogP contribution in [0, 0.1) is 0 Å². The number of esters is 1. The Bertz CT molecular complexity index is 400. The number of hydrogen-bond donors (Lipinski definition) is 1. The van der Waals surface area contributed by atoms with Gasteiger partial charge in [0.2, 0.25) is 5.91 Å². The summed E-state index contributed by atoms with van der Waals surface area (Å²) >= 11 is 0. The molecule has 0 spiro atoms. The molecule has 0 heterocycles. The van der Waals surface area contributed by atoms with E-state index in [1.807, 2.05) is 24.3 Å². The van der Waals surface area contributed by atoms with Crippen molar-refractivity contribution in [3.05, 3.63) is 29.8 Å². The van der Waals surface area contributed by atoms with Crippen LogP contribution < -0.4 is 10.1 Å². The van der Waals surface area contributed by atoms with E-state index in [9.17, 15) is 9.59 Å². The SMILES string of the molecule is CCOC(=O)CC(=O)NCc1ccc(OC)cc1. The minimum absolute atomic E-state index is 0.246. The van der Waals surface area contributed by atoms with Crippen LogP contribution in [0.15, 0.2) is 24.3 Å². The fraction of sp³-hybridized carbons (Fsp3) is 0.385. The molecule has 0 aliphatic heterocycles. The lowest BCUT2D eigenvalue weighted by atomic mass is 10.2. The second kappa shape index (κ2) is 7.32. The predicted molar refractivity (Wildman–Crippen MR) is 66.1 cm³/mol. The summed E-state index contributed by atoms with van der Waals surface area (Å²) in [6.45, 7) is 2.36. The summed E-state index contributed by atoms with van der Waals surface area (Å²) < 4.78 is 9.70. The first-order chi connectivity index (χ1) is 8.65. The van der Waals surface area contributed by atoms with Crippen LogP contribution in [0.25, 0.3) is 0 Å². The second-order valence-electron chi connectivity index (χ2n) is 3.61. The number of carbonyl (C=O) groups excluding carboxylic acids is 2. The average Bonchev–Trinajstić information content (AvgIpc) is 2.37. The molecule has 1 rings (SSSR count). The van der Waals surface area contributed by atoms with E-state index >= 15 is 0 Å². The van der Waals surface area contributed by atoms with E-state index in [1.165, 1.54) is 0 Å². The Kier molecular flexibility index (Phi) is 5.70. The molecular formula is C13H17NO4. The maximum absolute atomic E-state index is 11.4. The standard InChI is InChI=1S/C13H17NO4/c1-3-18-13(16)8-12(15)14-9-10-4-6-11(17-2)7-5-10/h4-7H,3,8-9H2,1-2H3,(H,14,15). The van der Waals surface area contributed by atoms with E-state index in [2.05, 4.69) is 10.1 Å². The Morgan fingerprint density at radius 1 is 1.22 bits per heavy atom. The molecule has 98 valence electrons. The molecule has 5 nitrogen and oxygen atoms in total. The highest BCUT2D eigenvalue weighted by Gasteiger charge is 2.09. The van der Waals surface area contributed by atoms with Crippen LogP contribution in [0.5, 0.6) is 5.75 Å². The number of carbonyl (C=O) groups is 2. The van der Waals surface area contributed by atoms with E-state index in [1.54, 1.807) is 14.0 Å². The third-order valence-electron chi connectivity index (χ3n) is 2.26. The van der Waals surface area contributed by atoms with Crippen molar-refractivity contribution in [2.24, 2.45) is 0 Å². The van der Waals surface area contributed by atoms with Crippen LogP contribution in [0.4, 0.5) is 0 Å². The van der Waals surface area contributed by atoms with Gasteiger partial charge >= 0.3 is 5.97 Å². The van der Waals surface area contributed by atoms with Gasteiger partial charge in [-0.1, -0.05) is 12.1 Å². The molecular weight excluding hydrogens is 234 g/mol. The molecule has 0 bridgehead atoms. The van der Waals surface area contributed by atoms with Crippen molar-refractivity contribution in [2.75, 3.05) is 13.7 Å². The van der Waals surface area contributed by atoms with E-state index < -0.39 is 5.97 Å². The molecule has 0 aliphatic carbocycles. The van der Waals surface area contributed by atoms with Crippen molar-refractivity contribution in [1.82, 2.24) is 5.32 Å². The first-order valence-electron chi connectivity index (χ1n) is 5.71.